The quantitative estimate of drug-likeness (QED) is 0.772. The Hall–Kier alpha value is -1.59. The number of piperidine rings is 1. The Kier molecular flexibility index (Phi) is 3.74. The molecule has 0 unspecified atom stereocenters. The second kappa shape index (κ2) is 5.20. The van der Waals surface area contributed by atoms with E-state index >= 15 is 0 Å². The molecular weight excluding hydrogens is 328 g/mol. The Labute approximate surface area is 147 Å². The van der Waals surface area contributed by atoms with Gasteiger partial charge in [-0.1, -0.05) is 17.7 Å². The molecule has 1 aromatic rings. The number of hydrogen-bond donors (Lipinski definition) is 0. The maximum atomic E-state index is 13.2. The first kappa shape index (κ1) is 17.2. The molecule has 0 bridgehead atoms. The standard InChI is InChI=1S/C18H23ClN2O3/c1-16(2)10-18(11-17(3,4)20(16)5)14(22)21(15(23)24-18)13-8-6-7-12(19)9-13/h6-9H,10-11H2,1-5H3. The fraction of sp³-hybridized carbons (Fsp3) is 0.556. The van der Waals surface area contributed by atoms with Crippen LogP contribution in [-0.4, -0.2) is 40.6 Å². The molecule has 3 rings (SSSR count). The van der Waals surface area contributed by atoms with Crippen LogP contribution in [0, 0.1) is 0 Å². The van der Waals surface area contributed by atoms with Gasteiger partial charge in [-0.15, -0.1) is 0 Å². The molecule has 0 N–H and O–H groups in total. The first-order chi connectivity index (χ1) is 11.0. The SMILES string of the molecule is CN1C(C)(C)CC2(CC1(C)C)OC(=O)N(c1cccc(Cl)c1)C2=O. The number of hydrogen-bond acceptors (Lipinski definition) is 4. The fourth-order valence-corrected chi connectivity index (χ4v) is 4.31. The summed E-state index contributed by atoms with van der Waals surface area (Å²) < 4.78 is 5.70. The van der Waals surface area contributed by atoms with E-state index in [1.807, 2.05) is 7.05 Å². The van der Waals surface area contributed by atoms with Gasteiger partial charge in [-0.3, -0.25) is 9.69 Å². The summed E-state index contributed by atoms with van der Waals surface area (Å²) in [6.45, 7) is 8.27. The Bertz CT molecular complexity index is 696. The smallest absolute Gasteiger partial charge is 0.422 e. The molecule has 0 aromatic heterocycles. The topological polar surface area (TPSA) is 49.9 Å². The molecule has 2 fully saturated rings. The maximum Gasteiger partial charge on any atom is 0.422 e. The van der Waals surface area contributed by atoms with Crippen LogP contribution in [0.5, 0.6) is 0 Å². The zero-order valence-corrected chi connectivity index (χ0v) is 15.5. The van der Waals surface area contributed by atoms with E-state index in [1.165, 1.54) is 0 Å². The van der Waals surface area contributed by atoms with E-state index in [-0.39, 0.29) is 17.0 Å². The number of likely N-dealkylation sites (tertiary alicyclic amines) is 1. The minimum atomic E-state index is -1.13. The predicted molar refractivity (Wildman–Crippen MR) is 93.3 cm³/mol. The van der Waals surface area contributed by atoms with Gasteiger partial charge >= 0.3 is 6.09 Å². The number of rotatable bonds is 1. The fourth-order valence-electron chi connectivity index (χ4n) is 4.12. The van der Waals surface area contributed by atoms with Gasteiger partial charge in [0.05, 0.1) is 5.69 Å². The second-order valence-electron chi connectivity index (χ2n) is 8.02. The summed E-state index contributed by atoms with van der Waals surface area (Å²) in [6, 6.07) is 6.71. The highest BCUT2D eigenvalue weighted by atomic mass is 35.5. The molecule has 0 saturated carbocycles. The largest absolute Gasteiger partial charge is 0.432 e. The second-order valence-corrected chi connectivity index (χ2v) is 8.46. The van der Waals surface area contributed by atoms with E-state index in [0.29, 0.717) is 23.6 Å². The first-order valence-corrected chi connectivity index (χ1v) is 8.43. The van der Waals surface area contributed by atoms with Gasteiger partial charge in [0.25, 0.3) is 5.91 Å². The Morgan fingerprint density at radius 1 is 1.08 bits per heavy atom. The summed E-state index contributed by atoms with van der Waals surface area (Å²) in [4.78, 5) is 29.1. The van der Waals surface area contributed by atoms with Crippen LogP contribution in [0.25, 0.3) is 0 Å². The summed E-state index contributed by atoms with van der Waals surface area (Å²) in [5.74, 6) is -0.302. The van der Waals surface area contributed by atoms with Gasteiger partial charge in [-0.05, 0) is 52.9 Å². The molecule has 2 aliphatic rings. The van der Waals surface area contributed by atoms with Crippen LogP contribution in [0.2, 0.25) is 5.02 Å². The van der Waals surface area contributed by atoms with E-state index in [4.69, 9.17) is 16.3 Å². The van der Waals surface area contributed by atoms with Crippen molar-refractivity contribution in [2.24, 2.45) is 0 Å². The molecule has 0 atom stereocenters. The minimum Gasteiger partial charge on any atom is -0.432 e. The molecule has 1 spiro atoms. The average molecular weight is 351 g/mol. The van der Waals surface area contributed by atoms with Crippen molar-refractivity contribution in [1.82, 2.24) is 4.90 Å². The number of benzene rings is 1. The number of carbonyl (C=O) groups excluding carboxylic acids is 2. The van der Waals surface area contributed by atoms with E-state index in [2.05, 4.69) is 32.6 Å². The van der Waals surface area contributed by atoms with Gasteiger partial charge in [0.15, 0.2) is 5.60 Å². The summed E-state index contributed by atoms with van der Waals surface area (Å²) in [6.07, 6.45) is 0.293. The molecular formula is C18H23ClN2O3. The lowest BCUT2D eigenvalue weighted by Crippen LogP contribution is -2.66. The van der Waals surface area contributed by atoms with Crippen LogP contribution in [-0.2, 0) is 9.53 Å². The summed E-state index contributed by atoms with van der Waals surface area (Å²) in [7, 11) is 2.04. The number of imide groups is 1. The molecule has 0 aliphatic carbocycles. The summed E-state index contributed by atoms with van der Waals surface area (Å²) >= 11 is 6.01. The molecule has 6 heteroatoms. The van der Waals surface area contributed by atoms with Crippen molar-refractivity contribution < 1.29 is 14.3 Å². The Morgan fingerprint density at radius 2 is 1.67 bits per heavy atom. The lowest BCUT2D eigenvalue weighted by Gasteiger charge is -2.55. The van der Waals surface area contributed by atoms with E-state index in [0.717, 1.165) is 4.90 Å². The Balaban J connectivity index is 2.02. The zero-order valence-electron chi connectivity index (χ0n) is 14.7. The van der Waals surface area contributed by atoms with Gasteiger partial charge in [-0.2, -0.15) is 0 Å². The van der Waals surface area contributed by atoms with Crippen molar-refractivity contribution in [3.63, 3.8) is 0 Å². The minimum absolute atomic E-state index is 0.276. The third-order valence-electron chi connectivity index (χ3n) is 5.38. The molecule has 2 heterocycles. The van der Waals surface area contributed by atoms with Crippen LogP contribution >= 0.6 is 11.6 Å². The normalized spacial score (nSPS) is 25.2. The molecule has 24 heavy (non-hydrogen) atoms. The number of halogens is 1. The number of anilines is 1. The van der Waals surface area contributed by atoms with E-state index < -0.39 is 11.7 Å². The van der Waals surface area contributed by atoms with Crippen LogP contribution < -0.4 is 4.90 Å². The average Bonchev–Trinajstić information content (AvgIpc) is 2.66. The highest BCUT2D eigenvalue weighted by Gasteiger charge is 2.62. The Morgan fingerprint density at radius 3 is 2.21 bits per heavy atom. The van der Waals surface area contributed by atoms with Crippen molar-refractivity contribution in [3.8, 4) is 0 Å². The van der Waals surface area contributed by atoms with Gasteiger partial charge < -0.3 is 4.74 Å². The van der Waals surface area contributed by atoms with Crippen LogP contribution in [0.4, 0.5) is 10.5 Å². The van der Waals surface area contributed by atoms with E-state index in [9.17, 15) is 9.59 Å². The number of carbonyl (C=O) groups is 2. The predicted octanol–water partition coefficient (Wildman–Crippen LogP) is 3.84. The molecule has 130 valence electrons. The van der Waals surface area contributed by atoms with Crippen molar-refractivity contribution in [1.29, 1.82) is 0 Å². The van der Waals surface area contributed by atoms with Crippen molar-refractivity contribution in [2.45, 2.75) is 57.2 Å². The number of nitrogens with zero attached hydrogens (tertiary/aromatic N) is 2. The van der Waals surface area contributed by atoms with Crippen LogP contribution in [0.3, 0.4) is 0 Å². The first-order valence-electron chi connectivity index (χ1n) is 8.06. The van der Waals surface area contributed by atoms with Gasteiger partial charge in [0.2, 0.25) is 0 Å². The maximum absolute atomic E-state index is 13.2. The number of ether oxygens (including phenoxy) is 1. The monoisotopic (exact) mass is 350 g/mol. The zero-order chi connectivity index (χ0) is 17.9. The van der Waals surface area contributed by atoms with Crippen molar-refractivity contribution in [3.05, 3.63) is 29.3 Å². The van der Waals surface area contributed by atoms with E-state index in [1.54, 1.807) is 24.3 Å². The third-order valence-corrected chi connectivity index (χ3v) is 5.61. The molecule has 0 radical (unpaired) electrons. The summed E-state index contributed by atoms with van der Waals surface area (Å²) in [5, 5.41) is 0.470. The molecule has 2 aliphatic heterocycles. The third kappa shape index (κ3) is 2.50. The highest BCUT2D eigenvalue weighted by Crippen LogP contribution is 2.48. The summed E-state index contributed by atoms with van der Waals surface area (Å²) in [5.41, 5.74) is -1.23. The van der Waals surface area contributed by atoms with Crippen molar-refractivity contribution in [2.75, 3.05) is 11.9 Å². The molecule has 1 aromatic carbocycles. The molecule has 2 amide bonds. The number of amides is 2. The highest BCUT2D eigenvalue weighted by molar-refractivity contribution is 6.31. The lowest BCUT2D eigenvalue weighted by atomic mass is 9.71. The van der Waals surface area contributed by atoms with Gasteiger partial charge in [0, 0.05) is 28.9 Å². The van der Waals surface area contributed by atoms with Crippen LogP contribution in [0.1, 0.15) is 40.5 Å². The molecule has 2 saturated heterocycles. The van der Waals surface area contributed by atoms with Gasteiger partial charge in [-0.25, -0.2) is 9.69 Å². The lowest BCUT2D eigenvalue weighted by molar-refractivity contribution is -0.150. The van der Waals surface area contributed by atoms with Gasteiger partial charge in [0.1, 0.15) is 0 Å². The molecule has 5 nitrogen and oxygen atoms in total. The van der Waals surface area contributed by atoms with Crippen LogP contribution in [0.15, 0.2) is 24.3 Å². The van der Waals surface area contributed by atoms with Crippen molar-refractivity contribution >= 4 is 29.3 Å².